The summed E-state index contributed by atoms with van der Waals surface area (Å²) in [6, 6.07) is 0. The predicted octanol–water partition coefficient (Wildman–Crippen LogP) is -0.0757. The van der Waals surface area contributed by atoms with E-state index in [4.69, 9.17) is 14.2 Å². The van der Waals surface area contributed by atoms with Crippen molar-refractivity contribution < 1.29 is 19.0 Å². The quantitative estimate of drug-likeness (QED) is 0.516. The topological polar surface area (TPSA) is 68.8 Å². The van der Waals surface area contributed by atoms with E-state index in [9.17, 15) is 4.79 Å². The van der Waals surface area contributed by atoms with Crippen LogP contribution in [0.4, 0.5) is 0 Å². The van der Waals surface area contributed by atoms with Gasteiger partial charge in [-0.3, -0.25) is 4.79 Å². The van der Waals surface area contributed by atoms with Crippen LogP contribution in [0, 0.1) is 0 Å². The van der Waals surface area contributed by atoms with Gasteiger partial charge >= 0.3 is 0 Å². The zero-order valence-electron chi connectivity index (χ0n) is 11.8. The highest BCUT2D eigenvalue weighted by Crippen LogP contribution is 2.11. The van der Waals surface area contributed by atoms with Gasteiger partial charge in [0, 0.05) is 33.4 Å². The van der Waals surface area contributed by atoms with Crippen LogP contribution in [0.3, 0.4) is 0 Å². The van der Waals surface area contributed by atoms with E-state index in [1.807, 2.05) is 0 Å². The van der Waals surface area contributed by atoms with Crippen molar-refractivity contribution in [3.05, 3.63) is 0 Å². The minimum atomic E-state index is 0.00947. The largest absolute Gasteiger partial charge is 0.383 e. The maximum absolute atomic E-state index is 11.4. The van der Waals surface area contributed by atoms with Gasteiger partial charge in [-0.05, 0) is 19.3 Å². The average molecular weight is 274 g/mol. The standard InChI is InChI=1S/C13H26N2O4/c1-17-9-6-14-10-13(16)15-5-3-7-18-11-12-4-2-8-19-12/h12,14H,2-11H2,1H3,(H,15,16). The van der Waals surface area contributed by atoms with Crippen molar-refractivity contribution in [2.75, 3.05) is 53.2 Å². The number of amides is 1. The molecule has 1 aliphatic rings. The molecule has 0 aromatic heterocycles. The van der Waals surface area contributed by atoms with Crippen molar-refractivity contribution in [2.24, 2.45) is 0 Å². The van der Waals surface area contributed by atoms with Gasteiger partial charge < -0.3 is 24.8 Å². The number of nitrogens with one attached hydrogen (secondary N) is 2. The fraction of sp³-hybridized carbons (Fsp3) is 0.923. The maximum atomic E-state index is 11.4. The Hall–Kier alpha value is -0.690. The summed E-state index contributed by atoms with van der Waals surface area (Å²) >= 11 is 0. The Kier molecular flexibility index (Phi) is 9.61. The summed E-state index contributed by atoms with van der Waals surface area (Å²) in [5, 5.41) is 5.82. The Morgan fingerprint density at radius 3 is 3.00 bits per heavy atom. The number of rotatable bonds is 11. The second-order valence-electron chi connectivity index (χ2n) is 4.58. The molecular weight excluding hydrogens is 248 g/mol. The van der Waals surface area contributed by atoms with Crippen LogP contribution in [-0.2, 0) is 19.0 Å². The van der Waals surface area contributed by atoms with E-state index in [2.05, 4.69) is 10.6 Å². The third kappa shape index (κ3) is 8.93. The summed E-state index contributed by atoms with van der Waals surface area (Å²) in [5.74, 6) is 0.00947. The third-order valence-corrected chi connectivity index (χ3v) is 2.88. The van der Waals surface area contributed by atoms with Crippen LogP contribution in [0.5, 0.6) is 0 Å². The fourth-order valence-electron chi connectivity index (χ4n) is 1.83. The van der Waals surface area contributed by atoms with E-state index >= 15 is 0 Å². The van der Waals surface area contributed by atoms with Crippen molar-refractivity contribution in [1.82, 2.24) is 10.6 Å². The molecule has 19 heavy (non-hydrogen) atoms. The molecule has 1 heterocycles. The van der Waals surface area contributed by atoms with Crippen molar-refractivity contribution in [2.45, 2.75) is 25.4 Å². The van der Waals surface area contributed by atoms with Crippen molar-refractivity contribution >= 4 is 5.91 Å². The predicted molar refractivity (Wildman–Crippen MR) is 72.2 cm³/mol. The first kappa shape index (κ1) is 16.4. The second-order valence-corrected chi connectivity index (χ2v) is 4.58. The maximum Gasteiger partial charge on any atom is 0.233 e. The molecule has 0 aliphatic carbocycles. The molecule has 1 rings (SSSR count). The van der Waals surface area contributed by atoms with Gasteiger partial charge in [0.2, 0.25) is 5.91 Å². The third-order valence-electron chi connectivity index (χ3n) is 2.88. The zero-order valence-corrected chi connectivity index (χ0v) is 11.8. The molecule has 6 heteroatoms. The van der Waals surface area contributed by atoms with Gasteiger partial charge in [-0.15, -0.1) is 0 Å². The van der Waals surface area contributed by atoms with Crippen LogP contribution in [0.1, 0.15) is 19.3 Å². The Morgan fingerprint density at radius 2 is 2.26 bits per heavy atom. The Labute approximate surface area is 115 Å². The zero-order chi connectivity index (χ0) is 13.8. The van der Waals surface area contributed by atoms with Gasteiger partial charge in [0.05, 0.1) is 25.9 Å². The summed E-state index contributed by atoms with van der Waals surface area (Å²) in [4.78, 5) is 11.4. The minimum absolute atomic E-state index is 0.00947. The molecule has 0 radical (unpaired) electrons. The normalized spacial score (nSPS) is 18.7. The molecule has 1 fully saturated rings. The molecule has 1 amide bonds. The van der Waals surface area contributed by atoms with E-state index in [-0.39, 0.29) is 12.0 Å². The van der Waals surface area contributed by atoms with E-state index in [1.54, 1.807) is 7.11 Å². The highest BCUT2D eigenvalue weighted by atomic mass is 16.5. The summed E-state index contributed by atoms with van der Waals surface area (Å²) in [6.45, 7) is 4.49. The van der Waals surface area contributed by atoms with Gasteiger partial charge in [-0.2, -0.15) is 0 Å². The molecule has 1 unspecified atom stereocenters. The van der Waals surface area contributed by atoms with E-state index in [0.29, 0.717) is 39.5 Å². The monoisotopic (exact) mass is 274 g/mol. The number of ether oxygens (including phenoxy) is 3. The Morgan fingerprint density at radius 1 is 1.37 bits per heavy atom. The van der Waals surface area contributed by atoms with E-state index < -0.39 is 0 Å². The molecule has 0 spiro atoms. The fourth-order valence-corrected chi connectivity index (χ4v) is 1.83. The molecule has 6 nitrogen and oxygen atoms in total. The van der Waals surface area contributed by atoms with Crippen molar-refractivity contribution in [1.29, 1.82) is 0 Å². The number of carbonyl (C=O) groups excluding carboxylic acids is 1. The lowest BCUT2D eigenvalue weighted by atomic mass is 10.2. The van der Waals surface area contributed by atoms with Crippen LogP contribution in [0.2, 0.25) is 0 Å². The first-order valence-electron chi connectivity index (χ1n) is 6.98. The molecular formula is C13H26N2O4. The SMILES string of the molecule is COCCNCC(=O)NCCCOCC1CCCO1. The second kappa shape index (κ2) is 11.2. The lowest BCUT2D eigenvalue weighted by molar-refractivity contribution is -0.120. The van der Waals surface area contributed by atoms with Crippen LogP contribution in [0.25, 0.3) is 0 Å². The van der Waals surface area contributed by atoms with Crippen LogP contribution in [-0.4, -0.2) is 65.2 Å². The smallest absolute Gasteiger partial charge is 0.233 e. The van der Waals surface area contributed by atoms with Gasteiger partial charge in [-0.1, -0.05) is 0 Å². The highest BCUT2D eigenvalue weighted by Gasteiger charge is 2.14. The molecule has 0 saturated carbocycles. The van der Waals surface area contributed by atoms with Gasteiger partial charge in [0.25, 0.3) is 0 Å². The van der Waals surface area contributed by atoms with E-state index in [1.165, 1.54) is 0 Å². The molecule has 2 N–H and O–H groups in total. The molecule has 0 aromatic carbocycles. The van der Waals surface area contributed by atoms with E-state index in [0.717, 1.165) is 25.9 Å². The lowest BCUT2D eigenvalue weighted by Crippen LogP contribution is -2.35. The molecule has 0 aromatic rings. The van der Waals surface area contributed by atoms with Gasteiger partial charge in [0.1, 0.15) is 0 Å². The average Bonchev–Trinajstić information content (AvgIpc) is 2.92. The van der Waals surface area contributed by atoms with Gasteiger partial charge in [0.15, 0.2) is 0 Å². The summed E-state index contributed by atoms with van der Waals surface area (Å²) < 4.78 is 15.8. The number of hydrogen-bond donors (Lipinski definition) is 2. The first-order valence-corrected chi connectivity index (χ1v) is 6.98. The molecule has 1 aliphatic heterocycles. The molecule has 112 valence electrons. The lowest BCUT2D eigenvalue weighted by Gasteiger charge is -2.10. The summed E-state index contributed by atoms with van der Waals surface area (Å²) in [7, 11) is 1.64. The molecule has 0 bridgehead atoms. The first-order chi connectivity index (χ1) is 9.33. The highest BCUT2D eigenvalue weighted by molar-refractivity contribution is 5.77. The number of carbonyl (C=O) groups is 1. The van der Waals surface area contributed by atoms with Crippen LogP contribution in [0.15, 0.2) is 0 Å². The van der Waals surface area contributed by atoms with Gasteiger partial charge in [-0.25, -0.2) is 0 Å². The molecule has 1 saturated heterocycles. The van der Waals surface area contributed by atoms with Crippen LogP contribution < -0.4 is 10.6 Å². The molecule has 1 atom stereocenters. The van der Waals surface area contributed by atoms with Crippen molar-refractivity contribution in [3.8, 4) is 0 Å². The number of hydrogen-bond acceptors (Lipinski definition) is 5. The minimum Gasteiger partial charge on any atom is -0.383 e. The Bertz CT molecular complexity index is 233. The number of methoxy groups -OCH3 is 1. The summed E-state index contributed by atoms with van der Waals surface area (Å²) in [6.07, 6.45) is 3.35. The van der Waals surface area contributed by atoms with Crippen molar-refractivity contribution in [3.63, 3.8) is 0 Å². The summed E-state index contributed by atoms with van der Waals surface area (Å²) in [5.41, 5.74) is 0. The van der Waals surface area contributed by atoms with Crippen LogP contribution >= 0.6 is 0 Å². The Balaban J connectivity index is 1.80.